The van der Waals surface area contributed by atoms with Gasteiger partial charge in [0.15, 0.2) is 0 Å². The lowest BCUT2D eigenvalue weighted by Crippen LogP contribution is -2.38. The third-order valence-electron chi connectivity index (χ3n) is 5.46. The first-order valence-electron chi connectivity index (χ1n) is 7.99. The van der Waals surface area contributed by atoms with Gasteiger partial charge in [-0.15, -0.1) is 0 Å². The lowest BCUT2D eigenvalue weighted by Gasteiger charge is -2.28. The zero-order chi connectivity index (χ0) is 13.2. The van der Waals surface area contributed by atoms with Crippen LogP contribution in [0.3, 0.4) is 0 Å². The highest BCUT2D eigenvalue weighted by Gasteiger charge is 2.61. The van der Waals surface area contributed by atoms with E-state index in [1.54, 1.807) is 0 Å². The molecule has 0 spiro atoms. The maximum absolute atomic E-state index is 12.7. The zero-order valence-corrected chi connectivity index (χ0v) is 12.4. The summed E-state index contributed by atoms with van der Waals surface area (Å²) in [4.78, 5) is 14.7. The Hall–Kier alpha value is -0.530. The van der Waals surface area contributed by atoms with Crippen molar-refractivity contribution >= 4 is 5.91 Å². The third kappa shape index (κ3) is 2.31. The van der Waals surface area contributed by atoms with Crippen LogP contribution in [-0.4, -0.2) is 23.9 Å². The van der Waals surface area contributed by atoms with Crippen molar-refractivity contribution in [1.29, 1.82) is 0 Å². The zero-order valence-electron chi connectivity index (χ0n) is 12.4. The molecule has 2 saturated carbocycles. The first kappa shape index (κ1) is 13.9. The van der Waals surface area contributed by atoms with Crippen molar-refractivity contribution in [2.75, 3.05) is 13.1 Å². The van der Waals surface area contributed by atoms with Crippen molar-refractivity contribution < 1.29 is 4.79 Å². The minimum atomic E-state index is 0.0357. The summed E-state index contributed by atoms with van der Waals surface area (Å²) in [6, 6.07) is 0. The van der Waals surface area contributed by atoms with E-state index >= 15 is 0 Å². The molecule has 2 heteroatoms. The smallest absolute Gasteiger partial charge is 0.229 e. The second-order valence-electron chi connectivity index (χ2n) is 6.20. The highest BCUT2D eigenvalue weighted by molar-refractivity contribution is 5.86. The first-order valence-corrected chi connectivity index (χ1v) is 7.99. The molecule has 0 radical (unpaired) electrons. The molecule has 2 rings (SSSR count). The molecular weight excluding hydrogens is 222 g/mol. The van der Waals surface area contributed by atoms with E-state index in [0.717, 1.165) is 25.4 Å². The molecule has 0 aromatic carbocycles. The third-order valence-corrected chi connectivity index (χ3v) is 5.46. The summed E-state index contributed by atoms with van der Waals surface area (Å²) in [7, 11) is 0. The van der Waals surface area contributed by atoms with Gasteiger partial charge in [0.25, 0.3) is 0 Å². The Morgan fingerprint density at radius 1 is 1.11 bits per heavy atom. The Labute approximate surface area is 112 Å². The number of hydrogen-bond donors (Lipinski definition) is 0. The Kier molecular flexibility index (Phi) is 4.34. The fourth-order valence-corrected chi connectivity index (χ4v) is 4.12. The quantitative estimate of drug-likeness (QED) is 0.726. The molecule has 0 bridgehead atoms. The first-order chi connectivity index (χ1) is 8.69. The SMILES string of the molecule is CCN(CC)C(=O)[C@@]1(CC)C[C@@H]1C1CCCCC1. The van der Waals surface area contributed by atoms with Crippen LogP contribution in [0.15, 0.2) is 0 Å². The molecule has 104 valence electrons. The second kappa shape index (κ2) is 5.63. The minimum absolute atomic E-state index is 0.0357. The van der Waals surface area contributed by atoms with E-state index in [2.05, 4.69) is 20.8 Å². The molecule has 2 aliphatic rings. The molecule has 2 fully saturated rings. The van der Waals surface area contributed by atoms with Gasteiger partial charge in [-0.2, -0.15) is 0 Å². The van der Waals surface area contributed by atoms with Crippen LogP contribution in [0, 0.1) is 17.3 Å². The van der Waals surface area contributed by atoms with Gasteiger partial charge in [-0.05, 0) is 38.5 Å². The maximum Gasteiger partial charge on any atom is 0.229 e. The van der Waals surface area contributed by atoms with Crippen molar-refractivity contribution in [3.8, 4) is 0 Å². The number of nitrogens with zero attached hydrogens (tertiary/aromatic N) is 1. The van der Waals surface area contributed by atoms with Crippen LogP contribution in [0.5, 0.6) is 0 Å². The lowest BCUT2D eigenvalue weighted by atomic mass is 9.81. The normalized spacial score (nSPS) is 32.3. The van der Waals surface area contributed by atoms with E-state index in [-0.39, 0.29) is 5.41 Å². The maximum atomic E-state index is 12.7. The molecule has 1 amide bonds. The largest absolute Gasteiger partial charge is 0.343 e. The number of amides is 1. The Morgan fingerprint density at radius 2 is 1.72 bits per heavy atom. The van der Waals surface area contributed by atoms with Crippen molar-refractivity contribution in [2.45, 2.75) is 65.7 Å². The molecule has 0 N–H and O–H groups in total. The molecule has 0 aliphatic heterocycles. The van der Waals surface area contributed by atoms with E-state index in [1.165, 1.54) is 38.5 Å². The fourth-order valence-electron chi connectivity index (χ4n) is 4.12. The van der Waals surface area contributed by atoms with Gasteiger partial charge in [0.1, 0.15) is 0 Å². The Balaban J connectivity index is 2.02. The minimum Gasteiger partial charge on any atom is -0.343 e. The number of carbonyl (C=O) groups excluding carboxylic acids is 1. The molecule has 0 aromatic rings. The van der Waals surface area contributed by atoms with Crippen LogP contribution in [-0.2, 0) is 4.79 Å². The average molecular weight is 251 g/mol. The molecule has 0 unspecified atom stereocenters. The highest BCUT2D eigenvalue weighted by atomic mass is 16.2. The number of rotatable bonds is 5. The van der Waals surface area contributed by atoms with Crippen molar-refractivity contribution in [3.05, 3.63) is 0 Å². The summed E-state index contributed by atoms with van der Waals surface area (Å²) < 4.78 is 0. The van der Waals surface area contributed by atoms with Crippen LogP contribution >= 0.6 is 0 Å². The molecule has 2 nitrogen and oxygen atoms in total. The molecule has 0 heterocycles. The topological polar surface area (TPSA) is 20.3 Å². The summed E-state index contributed by atoms with van der Waals surface area (Å²) in [6.07, 6.45) is 9.15. The fraction of sp³-hybridized carbons (Fsp3) is 0.938. The second-order valence-corrected chi connectivity index (χ2v) is 6.20. The highest BCUT2D eigenvalue weighted by Crippen LogP contribution is 2.62. The number of hydrogen-bond acceptors (Lipinski definition) is 1. The summed E-state index contributed by atoms with van der Waals surface area (Å²) in [5, 5.41) is 0. The monoisotopic (exact) mass is 251 g/mol. The van der Waals surface area contributed by atoms with E-state index in [1.807, 2.05) is 4.90 Å². The number of carbonyl (C=O) groups is 1. The van der Waals surface area contributed by atoms with Gasteiger partial charge in [-0.25, -0.2) is 0 Å². The van der Waals surface area contributed by atoms with Gasteiger partial charge in [0, 0.05) is 13.1 Å². The summed E-state index contributed by atoms with van der Waals surface area (Å²) >= 11 is 0. The van der Waals surface area contributed by atoms with Crippen LogP contribution in [0.25, 0.3) is 0 Å². The van der Waals surface area contributed by atoms with Crippen molar-refractivity contribution in [1.82, 2.24) is 4.90 Å². The molecule has 2 atom stereocenters. The van der Waals surface area contributed by atoms with E-state index in [0.29, 0.717) is 11.8 Å². The summed E-state index contributed by atoms with van der Waals surface area (Å²) in [5.74, 6) is 2.00. The lowest BCUT2D eigenvalue weighted by molar-refractivity contribution is -0.137. The van der Waals surface area contributed by atoms with E-state index in [4.69, 9.17) is 0 Å². The Bertz CT molecular complexity index is 291. The van der Waals surface area contributed by atoms with E-state index < -0.39 is 0 Å². The summed E-state index contributed by atoms with van der Waals surface area (Å²) in [5.41, 5.74) is 0.0357. The Morgan fingerprint density at radius 3 is 2.22 bits per heavy atom. The average Bonchev–Trinajstić information content (AvgIpc) is 3.17. The molecular formula is C16H29NO. The van der Waals surface area contributed by atoms with Crippen LogP contribution in [0.1, 0.15) is 65.7 Å². The standard InChI is InChI=1S/C16H29NO/c1-4-16(15(18)17(5-2)6-3)12-14(16)13-10-8-7-9-11-13/h13-14H,4-12H2,1-3H3/t14-,16+/m1/s1. The predicted molar refractivity (Wildman–Crippen MR) is 75.3 cm³/mol. The van der Waals surface area contributed by atoms with Gasteiger partial charge in [0.05, 0.1) is 5.41 Å². The van der Waals surface area contributed by atoms with Gasteiger partial charge in [0.2, 0.25) is 5.91 Å². The van der Waals surface area contributed by atoms with E-state index in [9.17, 15) is 4.79 Å². The molecule has 18 heavy (non-hydrogen) atoms. The predicted octanol–water partition coefficient (Wildman–Crippen LogP) is 3.85. The van der Waals surface area contributed by atoms with Gasteiger partial charge >= 0.3 is 0 Å². The molecule has 0 aromatic heterocycles. The van der Waals surface area contributed by atoms with Crippen LogP contribution < -0.4 is 0 Å². The summed E-state index contributed by atoms with van der Waals surface area (Å²) in [6.45, 7) is 8.15. The van der Waals surface area contributed by atoms with Crippen molar-refractivity contribution in [3.63, 3.8) is 0 Å². The molecule has 2 aliphatic carbocycles. The van der Waals surface area contributed by atoms with Gasteiger partial charge in [-0.3, -0.25) is 4.79 Å². The van der Waals surface area contributed by atoms with Crippen molar-refractivity contribution in [2.24, 2.45) is 17.3 Å². The van der Waals surface area contributed by atoms with Crippen LogP contribution in [0.4, 0.5) is 0 Å². The molecule has 0 saturated heterocycles. The van der Waals surface area contributed by atoms with Gasteiger partial charge in [-0.1, -0.05) is 39.0 Å². The van der Waals surface area contributed by atoms with Crippen LogP contribution in [0.2, 0.25) is 0 Å². The van der Waals surface area contributed by atoms with Gasteiger partial charge < -0.3 is 4.90 Å².